The summed E-state index contributed by atoms with van der Waals surface area (Å²) in [4.78, 5) is 18.2. The third-order valence-corrected chi connectivity index (χ3v) is 6.01. The standard InChI is InChI=1S/C20H21N3OS/c1-12-11-21-14(3)16(12)7-6-15-9-17-13(2)20(18-5-4-8-25-18)22-23(17)19(24)10-15/h4-5,8,10H,6-7,9,11H2,1-3H3. The molecule has 0 radical (unpaired) electrons. The number of allylic oxidation sites excluding steroid dienone is 3. The number of aliphatic imine (C=N–C) groups is 1. The fraction of sp³-hybridized carbons (Fsp3) is 0.350. The highest BCUT2D eigenvalue weighted by Crippen LogP contribution is 2.32. The maximum absolute atomic E-state index is 12.5. The van der Waals surface area contributed by atoms with E-state index in [9.17, 15) is 4.79 Å². The van der Waals surface area contributed by atoms with Crippen LogP contribution in [0.1, 0.15) is 42.7 Å². The largest absolute Gasteiger partial charge is 0.285 e. The summed E-state index contributed by atoms with van der Waals surface area (Å²) in [7, 11) is 0. The van der Waals surface area contributed by atoms with Crippen molar-refractivity contribution in [1.82, 2.24) is 9.78 Å². The van der Waals surface area contributed by atoms with Crippen molar-refractivity contribution in [3.05, 3.63) is 51.6 Å². The van der Waals surface area contributed by atoms with Crippen LogP contribution in [0.4, 0.5) is 0 Å². The number of carbonyl (C=O) groups excluding carboxylic acids is 1. The molecule has 0 aliphatic carbocycles. The fourth-order valence-corrected chi connectivity index (χ4v) is 4.41. The molecule has 0 amide bonds. The Morgan fingerprint density at radius 2 is 2.08 bits per heavy atom. The Morgan fingerprint density at radius 1 is 1.24 bits per heavy atom. The van der Waals surface area contributed by atoms with E-state index in [2.05, 4.69) is 36.9 Å². The Labute approximate surface area is 151 Å². The molecule has 0 saturated heterocycles. The topological polar surface area (TPSA) is 47.2 Å². The van der Waals surface area contributed by atoms with Crippen LogP contribution in [0.25, 0.3) is 10.6 Å². The first-order valence-corrected chi connectivity index (χ1v) is 9.48. The van der Waals surface area contributed by atoms with Crippen molar-refractivity contribution < 1.29 is 4.79 Å². The minimum atomic E-state index is -0.0235. The van der Waals surface area contributed by atoms with E-state index in [-0.39, 0.29) is 5.91 Å². The Kier molecular flexibility index (Phi) is 4.04. The van der Waals surface area contributed by atoms with Crippen molar-refractivity contribution in [3.63, 3.8) is 0 Å². The molecular weight excluding hydrogens is 330 g/mol. The van der Waals surface area contributed by atoms with Crippen LogP contribution in [0, 0.1) is 6.92 Å². The van der Waals surface area contributed by atoms with Gasteiger partial charge < -0.3 is 0 Å². The Balaban J connectivity index is 1.57. The van der Waals surface area contributed by atoms with Gasteiger partial charge in [0.2, 0.25) is 0 Å². The van der Waals surface area contributed by atoms with E-state index in [4.69, 9.17) is 0 Å². The van der Waals surface area contributed by atoms with Gasteiger partial charge >= 0.3 is 0 Å². The van der Waals surface area contributed by atoms with E-state index >= 15 is 0 Å². The monoisotopic (exact) mass is 351 g/mol. The van der Waals surface area contributed by atoms with Crippen molar-refractivity contribution in [2.24, 2.45) is 4.99 Å². The Hall–Kier alpha value is -2.27. The number of hydrogen-bond acceptors (Lipinski definition) is 4. The number of fused-ring (bicyclic) bond motifs is 1. The van der Waals surface area contributed by atoms with Gasteiger partial charge in [0.15, 0.2) is 0 Å². The number of aromatic nitrogens is 2. The van der Waals surface area contributed by atoms with Gasteiger partial charge in [-0.3, -0.25) is 9.79 Å². The second-order valence-corrected chi connectivity index (χ2v) is 7.74. The molecule has 2 aromatic rings. The summed E-state index contributed by atoms with van der Waals surface area (Å²) in [6.45, 7) is 7.14. The molecule has 0 atom stereocenters. The van der Waals surface area contributed by atoms with Crippen molar-refractivity contribution in [2.75, 3.05) is 6.54 Å². The van der Waals surface area contributed by atoms with Crippen LogP contribution in [0.3, 0.4) is 0 Å². The summed E-state index contributed by atoms with van der Waals surface area (Å²) in [6.07, 6.45) is 4.45. The molecule has 2 aromatic heterocycles. The summed E-state index contributed by atoms with van der Waals surface area (Å²) in [5.74, 6) is -0.0235. The van der Waals surface area contributed by atoms with E-state index in [1.165, 1.54) is 16.7 Å². The van der Waals surface area contributed by atoms with Gasteiger partial charge in [0.05, 0.1) is 17.1 Å². The summed E-state index contributed by atoms with van der Waals surface area (Å²) in [5.41, 5.74) is 8.17. The first-order valence-electron chi connectivity index (χ1n) is 8.61. The van der Waals surface area contributed by atoms with Crippen molar-refractivity contribution >= 4 is 23.0 Å². The molecule has 2 aliphatic rings. The molecule has 128 valence electrons. The third kappa shape index (κ3) is 2.82. The molecule has 0 spiro atoms. The lowest BCUT2D eigenvalue weighted by atomic mass is 9.94. The number of nitrogens with zero attached hydrogens (tertiary/aromatic N) is 3. The molecule has 0 fully saturated rings. The van der Waals surface area contributed by atoms with Gasteiger partial charge in [-0.05, 0) is 61.8 Å². The van der Waals surface area contributed by atoms with Crippen LogP contribution in [-0.2, 0) is 6.42 Å². The normalized spacial score (nSPS) is 17.0. The highest BCUT2D eigenvalue weighted by atomic mass is 32.1. The zero-order valence-corrected chi connectivity index (χ0v) is 15.6. The lowest BCUT2D eigenvalue weighted by Gasteiger charge is -2.15. The molecule has 4 rings (SSSR count). The van der Waals surface area contributed by atoms with Gasteiger partial charge in [0, 0.05) is 18.2 Å². The minimum Gasteiger partial charge on any atom is -0.285 e. The van der Waals surface area contributed by atoms with E-state index in [1.54, 1.807) is 22.1 Å². The van der Waals surface area contributed by atoms with Crippen LogP contribution in [0.15, 0.2) is 45.3 Å². The summed E-state index contributed by atoms with van der Waals surface area (Å²) >= 11 is 1.66. The second-order valence-electron chi connectivity index (χ2n) is 6.79. The SMILES string of the molecule is CC1=NCC(C)=C1CCC1=CC(=O)n2nc(-c3cccs3)c(C)c2C1. The molecule has 25 heavy (non-hydrogen) atoms. The average molecular weight is 351 g/mol. The summed E-state index contributed by atoms with van der Waals surface area (Å²) in [5, 5.41) is 6.62. The maximum atomic E-state index is 12.5. The van der Waals surface area contributed by atoms with Crippen LogP contribution >= 0.6 is 11.3 Å². The molecule has 0 saturated carbocycles. The molecule has 0 unspecified atom stereocenters. The van der Waals surface area contributed by atoms with Gasteiger partial charge in [0.25, 0.3) is 5.91 Å². The molecule has 4 nitrogen and oxygen atoms in total. The van der Waals surface area contributed by atoms with E-state index in [0.29, 0.717) is 0 Å². The molecule has 4 heterocycles. The lowest BCUT2D eigenvalue weighted by Crippen LogP contribution is -2.19. The summed E-state index contributed by atoms with van der Waals surface area (Å²) < 4.78 is 1.58. The van der Waals surface area contributed by atoms with Gasteiger partial charge in [0.1, 0.15) is 5.69 Å². The van der Waals surface area contributed by atoms with Crippen LogP contribution in [-0.4, -0.2) is 27.9 Å². The first kappa shape index (κ1) is 16.2. The van der Waals surface area contributed by atoms with Crippen LogP contribution in [0.2, 0.25) is 0 Å². The highest BCUT2D eigenvalue weighted by molar-refractivity contribution is 7.13. The Bertz CT molecular complexity index is 942. The van der Waals surface area contributed by atoms with E-state index < -0.39 is 0 Å². The average Bonchev–Trinajstić information content (AvgIpc) is 3.28. The van der Waals surface area contributed by atoms with Crippen LogP contribution < -0.4 is 0 Å². The quantitative estimate of drug-likeness (QED) is 0.807. The molecule has 5 heteroatoms. The predicted octanol–water partition coefficient (Wildman–Crippen LogP) is 4.61. The number of thiophene rings is 1. The number of rotatable bonds is 4. The lowest BCUT2D eigenvalue weighted by molar-refractivity contribution is 0.0945. The fourth-order valence-electron chi connectivity index (χ4n) is 3.65. The van der Waals surface area contributed by atoms with Gasteiger partial charge in [-0.1, -0.05) is 11.6 Å². The van der Waals surface area contributed by atoms with Crippen molar-refractivity contribution in [2.45, 2.75) is 40.0 Å². The predicted molar refractivity (Wildman–Crippen MR) is 103 cm³/mol. The van der Waals surface area contributed by atoms with Crippen molar-refractivity contribution in [3.8, 4) is 10.6 Å². The van der Waals surface area contributed by atoms with E-state index in [1.807, 2.05) is 11.4 Å². The zero-order valence-electron chi connectivity index (χ0n) is 14.8. The van der Waals surface area contributed by atoms with Gasteiger partial charge in [-0.2, -0.15) is 5.10 Å². The molecule has 0 N–H and O–H groups in total. The summed E-state index contributed by atoms with van der Waals surface area (Å²) in [6, 6.07) is 4.08. The number of hydrogen-bond donors (Lipinski definition) is 0. The van der Waals surface area contributed by atoms with Crippen LogP contribution in [0.5, 0.6) is 0 Å². The first-order chi connectivity index (χ1) is 12.0. The molecule has 0 bridgehead atoms. The molecular formula is C20H21N3OS. The van der Waals surface area contributed by atoms with Crippen molar-refractivity contribution in [1.29, 1.82) is 0 Å². The van der Waals surface area contributed by atoms with Gasteiger partial charge in [-0.15, -0.1) is 11.3 Å². The second kappa shape index (κ2) is 6.23. The van der Waals surface area contributed by atoms with Gasteiger partial charge in [-0.25, -0.2) is 4.68 Å². The highest BCUT2D eigenvalue weighted by Gasteiger charge is 2.25. The molecule has 0 aromatic carbocycles. The smallest absolute Gasteiger partial charge is 0.271 e. The molecule has 2 aliphatic heterocycles. The Morgan fingerprint density at radius 3 is 2.76 bits per heavy atom. The number of carbonyl (C=O) groups is 1. The zero-order chi connectivity index (χ0) is 17.6. The maximum Gasteiger partial charge on any atom is 0.271 e. The van der Waals surface area contributed by atoms with E-state index in [0.717, 1.165) is 53.3 Å². The third-order valence-electron chi connectivity index (χ3n) is 5.13. The minimum absolute atomic E-state index is 0.0235.